The largest absolute Gasteiger partial charge is 0.294 e. The number of benzene rings is 1. The summed E-state index contributed by atoms with van der Waals surface area (Å²) in [4.78, 5) is 25.9. The summed E-state index contributed by atoms with van der Waals surface area (Å²) in [6.07, 6.45) is 4.83. The van der Waals surface area contributed by atoms with Crippen molar-refractivity contribution in [1.29, 1.82) is 5.26 Å². The van der Waals surface area contributed by atoms with E-state index in [9.17, 15) is 23.3 Å². The van der Waals surface area contributed by atoms with Crippen molar-refractivity contribution in [3.8, 4) is 6.07 Å². The van der Waals surface area contributed by atoms with E-state index < -0.39 is 15.6 Å². The lowest BCUT2D eigenvalue weighted by molar-refractivity contribution is -0.115. The molecule has 0 amide bonds. The van der Waals surface area contributed by atoms with Crippen molar-refractivity contribution in [2.45, 2.75) is 30.6 Å². The second-order valence-electron chi connectivity index (χ2n) is 6.52. The van der Waals surface area contributed by atoms with Crippen molar-refractivity contribution in [2.24, 2.45) is 0 Å². The predicted octanol–water partition coefficient (Wildman–Crippen LogP) is 1.93. The molecule has 4 rings (SSSR count). The first kappa shape index (κ1) is 17.4. The van der Waals surface area contributed by atoms with Crippen LogP contribution in [0.5, 0.6) is 0 Å². The predicted molar refractivity (Wildman–Crippen MR) is 95.5 cm³/mol. The molecule has 0 saturated carbocycles. The van der Waals surface area contributed by atoms with Crippen molar-refractivity contribution in [3.63, 3.8) is 0 Å². The Morgan fingerprint density at radius 1 is 1.22 bits per heavy atom. The van der Waals surface area contributed by atoms with E-state index in [1.165, 1.54) is 16.8 Å². The summed E-state index contributed by atoms with van der Waals surface area (Å²) in [6, 6.07) is 6.39. The van der Waals surface area contributed by atoms with Crippen LogP contribution in [0.25, 0.3) is 5.70 Å². The summed E-state index contributed by atoms with van der Waals surface area (Å²) in [5.74, 6) is -0.906. The van der Waals surface area contributed by atoms with E-state index in [-0.39, 0.29) is 46.0 Å². The fraction of sp³-hybridized carbons (Fsp3) is 0.263. The molecule has 0 saturated heterocycles. The quantitative estimate of drug-likeness (QED) is 0.593. The third-order valence-electron chi connectivity index (χ3n) is 4.98. The lowest BCUT2D eigenvalue weighted by Crippen LogP contribution is -2.22. The molecular weight excluding hydrogens is 366 g/mol. The van der Waals surface area contributed by atoms with Gasteiger partial charge in [0.1, 0.15) is 6.07 Å². The summed E-state index contributed by atoms with van der Waals surface area (Å²) in [7, 11) is -3.42. The van der Waals surface area contributed by atoms with E-state index in [1.54, 1.807) is 18.5 Å². The Hall–Kier alpha value is -3.05. The molecule has 0 radical (unpaired) electrons. The number of ketones is 2. The van der Waals surface area contributed by atoms with Crippen LogP contribution in [0.4, 0.5) is 0 Å². The van der Waals surface area contributed by atoms with Crippen LogP contribution in [0.2, 0.25) is 0 Å². The summed E-state index contributed by atoms with van der Waals surface area (Å²) in [5.41, 5.74) is 1.03. The van der Waals surface area contributed by atoms with Gasteiger partial charge < -0.3 is 0 Å². The van der Waals surface area contributed by atoms with Crippen LogP contribution in [-0.4, -0.2) is 35.5 Å². The molecule has 0 atom stereocenters. The molecule has 0 spiro atoms. The number of fused-ring (bicyclic) bond motifs is 1. The van der Waals surface area contributed by atoms with Gasteiger partial charge in [0.2, 0.25) is 0 Å². The number of sulfone groups is 1. The van der Waals surface area contributed by atoms with Gasteiger partial charge in [0.25, 0.3) is 0 Å². The van der Waals surface area contributed by atoms with Gasteiger partial charge in [-0.3, -0.25) is 9.59 Å². The van der Waals surface area contributed by atoms with Gasteiger partial charge in [-0.2, -0.15) is 10.4 Å². The first-order chi connectivity index (χ1) is 12.9. The number of nitrogens with zero attached hydrogens (tertiary/aromatic N) is 3. The molecule has 1 aromatic heterocycles. The zero-order valence-electron chi connectivity index (χ0n) is 14.3. The van der Waals surface area contributed by atoms with Crippen LogP contribution in [-0.2, 0) is 21.1 Å². The molecule has 27 heavy (non-hydrogen) atoms. The molecule has 0 N–H and O–H groups in total. The van der Waals surface area contributed by atoms with Gasteiger partial charge in [-0.1, -0.05) is 0 Å². The molecule has 1 aromatic carbocycles. The molecular formula is C19H15N3O4S. The van der Waals surface area contributed by atoms with E-state index in [4.69, 9.17) is 0 Å². The minimum Gasteiger partial charge on any atom is -0.294 e. The Morgan fingerprint density at radius 2 is 2.04 bits per heavy atom. The van der Waals surface area contributed by atoms with Gasteiger partial charge in [0.05, 0.1) is 27.5 Å². The number of hydrogen-bond donors (Lipinski definition) is 0. The van der Waals surface area contributed by atoms with Crippen LogP contribution in [0.3, 0.4) is 0 Å². The lowest BCUT2D eigenvalue weighted by Gasteiger charge is -2.19. The van der Waals surface area contributed by atoms with E-state index >= 15 is 0 Å². The molecule has 0 unspecified atom stereocenters. The number of carbonyl (C=O) groups excluding carboxylic acids is 2. The molecule has 2 aromatic rings. The third kappa shape index (κ3) is 2.71. The zero-order valence-corrected chi connectivity index (χ0v) is 15.1. The lowest BCUT2D eigenvalue weighted by atomic mass is 9.87. The number of nitriles is 1. The second-order valence-corrected chi connectivity index (χ2v) is 8.60. The standard InChI is InChI=1S/C19H15N3O4S/c20-11-14-12-7-10-27(25,26)17(12)6-5-13(14)19(24)18-15(3-1-4-16(18)23)22-9-2-8-21-22/h2,5-6,8-9H,1,3-4,7,10H2. The summed E-state index contributed by atoms with van der Waals surface area (Å²) in [6.45, 7) is 0. The number of Topliss-reactive ketones (excluding diaryl/α,β-unsaturated/α-hetero) is 2. The molecule has 1 aliphatic heterocycles. The highest BCUT2D eigenvalue weighted by Crippen LogP contribution is 2.34. The van der Waals surface area contributed by atoms with Gasteiger partial charge in [0.15, 0.2) is 21.4 Å². The fourth-order valence-corrected chi connectivity index (χ4v) is 5.26. The van der Waals surface area contributed by atoms with Crippen LogP contribution >= 0.6 is 0 Å². The van der Waals surface area contributed by atoms with E-state index in [0.29, 0.717) is 24.1 Å². The average Bonchev–Trinajstić information content (AvgIpc) is 3.28. The summed E-state index contributed by atoms with van der Waals surface area (Å²) >= 11 is 0. The van der Waals surface area contributed by atoms with Crippen molar-refractivity contribution in [2.75, 3.05) is 5.75 Å². The Kier molecular flexibility index (Phi) is 4.04. The first-order valence-electron chi connectivity index (χ1n) is 8.54. The smallest absolute Gasteiger partial charge is 0.199 e. The van der Waals surface area contributed by atoms with Crippen molar-refractivity contribution in [3.05, 3.63) is 52.9 Å². The minimum atomic E-state index is -3.42. The highest BCUT2D eigenvalue weighted by atomic mass is 32.2. The molecule has 2 heterocycles. The molecule has 2 aliphatic rings. The number of hydrogen-bond acceptors (Lipinski definition) is 6. The van der Waals surface area contributed by atoms with E-state index in [1.807, 2.05) is 6.07 Å². The van der Waals surface area contributed by atoms with Crippen molar-refractivity contribution < 1.29 is 18.0 Å². The zero-order chi connectivity index (χ0) is 19.2. The molecule has 8 heteroatoms. The Bertz CT molecular complexity index is 1150. The number of rotatable bonds is 3. The minimum absolute atomic E-state index is 0.0299. The summed E-state index contributed by atoms with van der Waals surface area (Å²) in [5, 5.41) is 13.7. The highest BCUT2D eigenvalue weighted by molar-refractivity contribution is 7.91. The van der Waals surface area contributed by atoms with Crippen LogP contribution < -0.4 is 0 Å². The average molecular weight is 381 g/mol. The van der Waals surface area contributed by atoms with Crippen LogP contribution in [0.1, 0.15) is 40.7 Å². The Labute approximate surface area is 155 Å². The van der Waals surface area contributed by atoms with E-state index in [0.717, 1.165) is 0 Å². The van der Waals surface area contributed by atoms with Gasteiger partial charge in [-0.05, 0) is 43.0 Å². The first-order valence-corrected chi connectivity index (χ1v) is 10.2. The third-order valence-corrected chi connectivity index (χ3v) is 6.77. The maximum absolute atomic E-state index is 13.2. The topological polar surface area (TPSA) is 110 Å². The maximum Gasteiger partial charge on any atom is 0.199 e. The number of carbonyl (C=O) groups is 2. The molecule has 0 bridgehead atoms. The molecule has 7 nitrogen and oxygen atoms in total. The number of allylic oxidation sites excluding steroid dienone is 2. The van der Waals surface area contributed by atoms with Gasteiger partial charge in [0, 0.05) is 24.4 Å². The van der Waals surface area contributed by atoms with E-state index in [2.05, 4.69) is 5.10 Å². The normalized spacial score (nSPS) is 18.3. The van der Waals surface area contributed by atoms with Crippen LogP contribution in [0.15, 0.2) is 41.1 Å². The van der Waals surface area contributed by atoms with Gasteiger partial charge in [-0.15, -0.1) is 0 Å². The fourth-order valence-electron chi connectivity index (χ4n) is 3.71. The second kappa shape index (κ2) is 6.28. The molecule has 1 aliphatic carbocycles. The Morgan fingerprint density at radius 3 is 2.74 bits per heavy atom. The van der Waals surface area contributed by atoms with Crippen LogP contribution in [0, 0.1) is 11.3 Å². The van der Waals surface area contributed by atoms with Crippen molar-refractivity contribution in [1.82, 2.24) is 9.78 Å². The van der Waals surface area contributed by atoms with Gasteiger partial charge in [-0.25, -0.2) is 13.1 Å². The summed E-state index contributed by atoms with van der Waals surface area (Å²) < 4.78 is 25.7. The maximum atomic E-state index is 13.2. The van der Waals surface area contributed by atoms with Gasteiger partial charge >= 0.3 is 0 Å². The molecule has 0 fully saturated rings. The SMILES string of the molecule is N#Cc1c(C(=O)C2=C(n3cccn3)CCCC2=O)ccc2c1CCS2(=O)=O. The molecule has 136 valence electrons. The number of aromatic nitrogens is 2. The van der Waals surface area contributed by atoms with Crippen molar-refractivity contribution >= 4 is 27.1 Å². The monoisotopic (exact) mass is 381 g/mol. The Balaban J connectivity index is 1.91. The highest BCUT2D eigenvalue weighted by Gasteiger charge is 2.34.